The average molecular weight is 471 g/mol. The van der Waals surface area contributed by atoms with Crippen LogP contribution < -0.4 is 16.0 Å². The Morgan fingerprint density at radius 3 is 2.40 bits per heavy atom. The molecule has 2 aromatic rings. The first-order chi connectivity index (χ1) is 14.4. The van der Waals surface area contributed by atoms with Gasteiger partial charge in [-0.3, -0.25) is 14.4 Å². The Morgan fingerprint density at radius 1 is 1.03 bits per heavy atom. The van der Waals surface area contributed by atoms with Gasteiger partial charge in [0.1, 0.15) is 10.3 Å². The number of rotatable bonds is 6. The fourth-order valence-corrected chi connectivity index (χ4v) is 3.77. The highest BCUT2D eigenvalue weighted by atomic mass is 79.9. The molecular weight excluding hydrogens is 448 g/mol. The van der Waals surface area contributed by atoms with Crippen molar-refractivity contribution in [2.75, 3.05) is 10.6 Å². The lowest BCUT2D eigenvalue weighted by atomic mass is 9.85. The van der Waals surface area contributed by atoms with Crippen LogP contribution in [0.5, 0.6) is 0 Å². The summed E-state index contributed by atoms with van der Waals surface area (Å²) >= 11 is 3.24. The number of benzene rings is 1. The predicted molar refractivity (Wildman–Crippen MR) is 119 cm³/mol. The standard InChI is InChI=1S/C22H23BrN4O3/c1-2-20(28)24-17-6-3-5-14(13-17)21(29)25-15-9-11-16(12-10-15)26-22(30)18-7-4-8-19(23)27-18/h2,4,7-12,14,17H,1,3,5-6,13H2,(H,24,28)(H,25,29)(H,26,30)/t14-,17+/m0/s1. The third-order valence-electron chi connectivity index (χ3n) is 4.93. The molecule has 1 fully saturated rings. The summed E-state index contributed by atoms with van der Waals surface area (Å²) in [5.41, 5.74) is 1.55. The molecule has 2 atom stereocenters. The second-order valence-corrected chi connectivity index (χ2v) is 7.95. The van der Waals surface area contributed by atoms with Crippen LogP contribution in [-0.4, -0.2) is 28.7 Å². The molecule has 1 aromatic heterocycles. The highest BCUT2D eigenvalue weighted by Gasteiger charge is 2.27. The van der Waals surface area contributed by atoms with E-state index in [9.17, 15) is 14.4 Å². The van der Waals surface area contributed by atoms with Crippen molar-refractivity contribution >= 4 is 45.0 Å². The summed E-state index contributed by atoms with van der Waals surface area (Å²) in [5, 5.41) is 8.57. The maximum atomic E-state index is 12.6. The van der Waals surface area contributed by atoms with Crippen LogP contribution in [0.1, 0.15) is 36.2 Å². The van der Waals surface area contributed by atoms with Crippen molar-refractivity contribution in [3.8, 4) is 0 Å². The SMILES string of the molecule is C=CC(=O)N[C@@H]1CCC[C@H](C(=O)Nc2ccc(NC(=O)c3cccc(Br)n3)cc2)C1. The third kappa shape index (κ3) is 6.00. The molecule has 3 rings (SSSR count). The molecule has 3 N–H and O–H groups in total. The first kappa shape index (κ1) is 21.7. The van der Waals surface area contributed by atoms with E-state index in [1.807, 2.05) is 0 Å². The number of carbonyl (C=O) groups excluding carboxylic acids is 3. The Bertz CT molecular complexity index is 946. The highest BCUT2D eigenvalue weighted by molar-refractivity contribution is 9.10. The second kappa shape index (κ2) is 10.2. The minimum absolute atomic E-state index is 0.00998. The lowest BCUT2D eigenvalue weighted by molar-refractivity contribution is -0.122. The summed E-state index contributed by atoms with van der Waals surface area (Å²) in [4.78, 5) is 40.5. The van der Waals surface area contributed by atoms with Gasteiger partial charge < -0.3 is 16.0 Å². The number of aromatic nitrogens is 1. The van der Waals surface area contributed by atoms with Crippen molar-refractivity contribution < 1.29 is 14.4 Å². The van der Waals surface area contributed by atoms with Gasteiger partial charge in [0.15, 0.2) is 0 Å². The van der Waals surface area contributed by atoms with E-state index < -0.39 is 0 Å². The molecule has 0 spiro atoms. The van der Waals surface area contributed by atoms with Gasteiger partial charge in [0, 0.05) is 23.3 Å². The van der Waals surface area contributed by atoms with E-state index in [1.165, 1.54) is 6.08 Å². The zero-order valence-corrected chi connectivity index (χ0v) is 17.9. The van der Waals surface area contributed by atoms with E-state index in [0.717, 1.165) is 19.3 Å². The number of anilines is 2. The number of nitrogens with one attached hydrogen (secondary N) is 3. The van der Waals surface area contributed by atoms with Crippen molar-refractivity contribution in [3.63, 3.8) is 0 Å². The number of carbonyl (C=O) groups is 3. The fraction of sp³-hybridized carbons (Fsp3) is 0.273. The molecule has 3 amide bonds. The molecule has 1 aliphatic rings. The number of hydrogen-bond acceptors (Lipinski definition) is 4. The Kier molecular flexibility index (Phi) is 7.35. The molecule has 1 saturated carbocycles. The zero-order valence-electron chi connectivity index (χ0n) is 16.4. The quantitative estimate of drug-likeness (QED) is 0.440. The summed E-state index contributed by atoms with van der Waals surface area (Å²) in [6.45, 7) is 3.46. The maximum Gasteiger partial charge on any atom is 0.274 e. The van der Waals surface area contributed by atoms with Gasteiger partial charge in [-0.25, -0.2) is 4.98 Å². The van der Waals surface area contributed by atoms with Crippen molar-refractivity contribution in [2.45, 2.75) is 31.7 Å². The molecule has 0 unspecified atom stereocenters. The molecule has 1 aliphatic carbocycles. The summed E-state index contributed by atoms with van der Waals surface area (Å²) in [6, 6.07) is 12.0. The van der Waals surface area contributed by atoms with Gasteiger partial charge in [0.25, 0.3) is 5.91 Å². The van der Waals surface area contributed by atoms with Crippen LogP contribution in [0.2, 0.25) is 0 Å². The van der Waals surface area contributed by atoms with Gasteiger partial charge in [0.2, 0.25) is 11.8 Å². The zero-order chi connectivity index (χ0) is 21.5. The lowest BCUT2D eigenvalue weighted by Crippen LogP contribution is -2.40. The van der Waals surface area contributed by atoms with Crippen LogP contribution in [0.4, 0.5) is 11.4 Å². The molecule has 0 saturated heterocycles. The number of halogens is 1. The first-order valence-corrected chi connectivity index (χ1v) is 10.5. The average Bonchev–Trinajstić information content (AvgIpc) is 2.75. The highest BCUT2D eigenvalue weighted by Crippen LogP contribution is 2.26. The van der Waals surface area contributed by atoms with E-state index in [4.69, 9.17) is 0 Å². The Balaban J connectivity index is 1.54. The Labute approximate surface area is 183 Å². The van der Waals surface area contributed by atoms with E-state index >= 15 is 0 Å². The topological polar surface area (TPSA) is 100 Å². The van der Waals surface area contributed by atoms with Crippen LogP contribution in [0.3, 0.4) is 0 Å². The Morgan fingerprint density at radius 2 is 1.73 bits per heavy atom. The molecule has 0 aliphatic heterocycles. The van der Waals surface area contributed by atoms with Crippen molar-refractivity contribution in [1.29, 1.82) is 0 Å². The summed E-state index contributed by atoms with van der Waals surface area (Å²) in [7, 11) is 0. The van der Waals surface area contributed by atoms with Crippen molar-refractivity contribution in [1.82, 2.24) is 10.3 Å². The first-order valence-electron chi connectivity index (χ1n) is 9.72. The number of hydrogen-bond donors (Lipinski definition) is 3. The molecule has 1 aromatic carbocycles. The number of nitrogens with zero attached hydrogens (tertiary/aromatic N) is 1. The van der Waals surface area contributed by atoms with Crippen LogP contribution in [0, 0.1) is 5.92 Å². The molecule has 8 heteroatoms. The van der Waals surface area contributed by atoms with Gasteiger partial charge in [-0.15, -0.1) is 0 Å². The van der Waals surface area contributed by atoms with Crippen LogP contribution in [-0.2, 0) is 9.59 Å². The van der Waals surface area contributed by atoms with E-state index in [1.54, 1.807) is 42.5 Å². The molecule has 156 valence electrons. The van der Waals surface area contributed by atoms with Gasteiger partial charge in [0.05, 0.1) is 0 Å². The number of pyridine rings is 1. The second-order valence-electron chi connectivity index (χ2n) is 7.14. The molecular formula is C22H23BrN4O3. The lowest BCUT2D eigenvalue weighted by Gasteiger charge is -2.28. The molecule has 0 radical (unpaired) electrons. The molecule has 1 heterocycles. The predicted octanol–water partition coefficient (Wildman–Crippen LogP) is 3.90. The van der Waals surface area contributed by atoms with Crippen LogP contribution in [0.15, 0.2) is 59.7 Å². The van der Waals surface area contributed by atoms with Crippen molar-refractivity contribution in [2.24, 2.45) is 5.92 Å². The summed E-state index contributed by atoms with van der Waals surface area (Å²) < 4.78 is 0.585. The summed E-state index contributed by atoms with van der Waals surface area (Å²) in [6.07, 6.45) is 4.40. The minimum Gasteiger partial charge on any atom is -0.350 e. The van der Waals surface area contributed by atoms with Gasteiger partial charge in [-0.1, -0.05) is 19.1 Å². The van der Waals surface area contributed by atoms with Crippen LogP contribution >= 0.6 is 15.9 Å². The van der Waals surface area contributed by atoms with E-state index in [0.29, 0.717) is 28.1 Å². The van der Waals surface area contributed by atoms with Crippen molar-refractivity contribution in [3.05, 3.63) is 65.4 Å². The van der Waals surface area contributed by atoms with Gasteiger partial charge >= 0.3 is 0 Å². The smallest absolute Gasteiger partial charge is 0.274 e. The third-order valence-corrected chi connectivity index (χ3v) is 5.38. The van der Waals surface area contributed by atoms with E-state index in [-0.39, 0.29) is 29.7 Å². The molecule has 0 bridgehead atoms. The maximum absolute atomic E-state index is 12.6. The fourth-order valence-electron chi connectivity index (χ4n) is 3.43. The number of amides is 3. The van der Waals surface area contributed by atoms with Gasteiger partial charge in [-0.2, -0.15) is 0 Å². The Hall–Kier alpha value is -3.00. The summed E-state index contributed by atoms with van der Waals surface area (Å²) in [5.74, 6) is -0.752. The molecule has 30 heavy (non-hydrogen) atoms. The monoisotopic (exact) mass is 470 g/mol. The van der Waals surface area contributed by atoms with E-state index in [2.05, 4.69) is 43.4 Å². The van der Waals surface area contributed by atoms with Crippen LogP contribution in [0.25, 0.3) is 0 Å². The van der Waals surface area contributed by atoms with Gasteiger partial charge in [-0.05, 0) is 77.7 Å². The molecule has 7 nitrogen and oxygen atoms in total. The largest absolute Gasteiger partial charge is 0.350 e. The normalized spacial score (nSPS) is 18.2. The minimum atomic E-state index is -0.317.